The molecule has 0 aromatic carbocycles. The van der Waals surface area contributed by atoms with Crippen LogP contribution in [0.3, 0.4) is 0 Å². The average molecular weight is 849 g/mol. The van der Waals surface area contributed by atoms with Crippen molar-refractivity contribution in [2.75, 3.05) is 47.5 Å². The molecule has 0 bridgehead atoms. The van der Waals surface area contributed by atoms with Crippen LogP contribution in [0.2, 0.25) is 0 Å². The molecule has 59 heavy (non-hydrogen) atoms. The molecule has 0 amide bonds. The van der Waals surface area contributed by atoms with Crippen molar-refractivity contribution in [3.8, 4) is 0 Å². The average Bonchev–Trinajstić information content (AvgIpc) is 3.94. The molecule has 0 aliphatic carbocycles. The Labute approximate surface area is 359 Å². The number of phosphoric acid groups is 1. The van der Waals surface area contributed by atoms with E-state index in [1.807, 2.05) is 27.2 Å². The molecule has 10 nitrogen and oxygen atoms in total. The predicted molar refractivity (Wildman–Crippen MR) is 242 cm³/mol. The van der Waals surface area contributed by atoms with Crippen LogP contribution in [0.4, 0.5) is 0 Å². The standard InChI is InChI=1S/C48H82NO9P/c1-6-8-10-12-14-15-16-17-18-19-20-21-22-23-26-30-34-38-47(50)54-42-44(43-56-59(52,53)55-41-40-49(3,4)5)57-48(51)39-35-31-27-24-25-29-33-37-46-45(58-46)36-32-28-13-11-9-7-2/h17-18,20-21,23-24,26-29,32-33,44-46H,6-16,19,22,25,30-31,34-43H2,1-5H3/p+1/b18-17-,21-20-,26-23-,27-24-,32-28-,33-29-/t44-,45?,46?/m1/s1. The zero-order chi connectivity index (χ0) is 43.3. The van der Waals surface area contributed by atoms with Gasteiger partial charge >= 0.3 is 19.8 Å². The topological polar surface area (TPSA) is 121 Å². The SMILES string of the molecule is CCCCC/C=C\CC1OC1C/C=C\C/C=C\CCCC(=O)O[C@H](COC(=O)CCC/C=C\C/C=C\C/C=C\CCCCCCCC)COP(=O)(O)OCC[N+](C)(C)C. The van der Waals surface area contributed by atoms with E-state index >= 15 is 0 Å². The molecule has 1 rings (SSSR count). The number of hydrogen-bond donors (Lipinski definition) is 1. The van der Waals surface area contributed by atoms with Gasteiger partial charge in [0, 0.05) is 12.8 Å². The second-order valence-corrected chi connectivity index (χ2v) is 17.9. The first-order valence-electron chi connectivity index (χ1n) is 22.8. The minimum atomic E-state index is -4.41. The number of nitrogens with zero attached hydrogens (tertiary/aromatic N) is 1. The minimum Gasteiger partial charge on any atom is -0.462 e. The van der Waals surface area contributed by atoms with Gasteiger partial charge in [0.1, 0.15) is 19.8 Å². The summed E-state index contributed by atoms with van der Waals surface area (Å²) >= 11 is 0. The summed E-state index contributed by atoms with van der Waals surface area (Å²) in [6, 6.07) is 0. The van der Waals surface area contributed by atoms with Crippen LogP contribution in [0.1, 0.15) is 155 Å². The fourth-order valence-electron chi connectivity index (χ4n) is 5.89. The Morgan fingerprint density at radius 1 is 0.610 bits per heavy atom. The van der Waals surface area contributed by atoms with Gasteiger partial charge in [0.25, 0.3) is 0 Å². The molecule has 4 atom stereocenters. The molecule has 1 heterocycles. The molecule has 11 heteroatoms. The van der Waals surface area contributed by atoms with Gasteiger partial charge in [-0.05, 0) is 83.5 Å². The molecule has 0 radical (unpaired) electrons. The molecule has 1 saturated heterocycles. The first-order chi connectivity index (χ1) is 28.5. The number of carbonyl (C=O) groups is 2. The number of phosphoric ester groups is 1. The van der Waals surface area contributed by atoms with E-state index in [9.17, 15) is 19.0 Å². The van der Waals surface area contributed by atoms with E-state index in [4.69, 9.17) is 23.3 Å². The maximum absolute atomic E-state index is 12.7. The molecule has 1 aliphatic heterocycles. The smallest absolute Gasteiger partial charge is 0.462 e. The summed E-state index contributed by atoms with van der Waals surface area (Å²) in [7, 11) is 1.40. The van der Waals surface area contributed by atoms with Crippen LogP contribution in [-0.4, -0.2) is 87.1 Å². The molecule has 3 unspecified atom stereocenters. The Kier molecular flexibility index (Phi) is 33.3. The van der Waals surface area contributed by atoms with E-state index in [-0.39, 0.29) is 26.1 Å². The Morgan fingerprint density at radius 2 is 1.07 bits per heavy atom. The van der Waals surface area contributed by atoms with E-state index in [1.54, 1.807) is 0 Å². The lowest BCUT2D eigenvalue weighted by molar-refractivity contribution is -0.870. The summed E-state index contributed by atoms with van der Waals surface area (Å²) in [6.45, 7) is 4.23. The maximum Gasteiger partial charge on any atom is 0.472 e. The summed E-state index contributed by atoms with van der Waals surface area (Å²) in [4.78, 5) is 35.4. The lowest BCUT2D eigenvalue weighted by atomic mass is 10.1. The number of unbranched alkanes of at least 4 members (excludes halogenated alkanes) is 11. The van der Waals surface area contributed by atoms with Gasteiger partial charge in [0.05, 0.1) is 40.0 Å². The molecule has 338 valence electrons. The van der Waals surface area contributed by atoms with Crippen LogP contribution in [0, 0.1) is 0 Å². The summed E-state index contributed by atoms with van der Waals surface area (Å²) in [5.41, 5.74) is 0. The van der Waals surface area contributed by atoms with Gasteiger partial charge < -0.3 is 23.6 Å². The summed E-state index contributed by atoms with van der Waals surface area (Å²) in [6.07, 6.45) is 47.1. The van der Waals surface area contributed by atoms with Crippen molar-refractivity contribution in [1.29, 1.82) is 0 Å². The van der Waals surface area contributed by atoms with Crippen LogP contribution >= 0.6 is 7.82 Å². The van der Waals surface area contributed by atoms with Crippen LogP contribution in [0.25, 0.3) is 0 Å². The zero-order valence-corrected chi connectivity index (χ0v) is 38.5. The van der Waals surface area contributed by atoms with E-state index in [0.29, 0.717) is 42.5 Å². The van der Waals surface area contributed by atoms with Crippen molar-refractivity contribution in [1.82, 2.24) is 0 Å². The second-order valence-electron chi connectivity index (χ2n) is 16.5. The molecule has 0 aromatic heterocycles. The Hall–Kier alpha value is -2.59. The van der Waals surface area contributed by atoms with Crippen LogP contribution < -0.4 is 0 Å². The van der Waals surface area contributed by atoms with E-state index in [1.165, 1.54) is 57.8 Å². The Morgan fingerprint density at radius 3 is 1.66 bits per heavy atom. The first-order valence-corrected chi connectivity index (χ1v) is 24.3. The highest BCUT2D eigenvalue weighted by atomic mass is 31.2. The molecule has 0 aromatic rings. The van der Waals surface area contributed by atoms with E-state index in [2.05, 4.69) is 80.7 Å². The number of epoxide rings is 1. The molecular weight excluding hydrogens is 766 g/mol. The lowest BCUT2D eigenvalue weighted by Gasteiger charge is -2.24. The number of ether oxygens (including phenoxy) is 3. The third-order valence-electron chi connectivity index (χ3n) is 9.61. The van der Waals surface area contributed by atoms with Gasteiger partial charge in [-0.2, -0.15) is 0 Å². The molecule has 0 saturated carbocycles. The summed E-state index contributed by atoms with van der Waals surface area (Å²) in [5.74, 6) is -0.938. The van der Waals surface area contributed by atoms with E-state index < -0.39 is 32.5 Å². The van der Waals surface area contributed by atoms with Crippen LogP contribution in [0.15, 0.2) is 72.9 Å². The van der Waals surface area contributed by atoms with Gasteiger partial charge in [-0.1, -0.05) is 132 Å². The quantitative estimate of drug-likeness (QED) is 0.0161. The molecule has 1 N–H and O–H groups in total. The van der Waals surface area contributed by atoms with Gasteiger partial charge in [-0.3, -0.25) is 18.6 Å². The number of rotatable bonds is 39. The van der Waals surface area contributed by atoms with Crippen molar-refractivity contribution in [2.24, 2.45) is 0 Å². The molecule has 0 spiro atoms. The maximum atomic E-state index is 12.7. The minimum absolute atomic E-state index is 0.00792. The van der Waals surface area contributed by atoms with Crippen molar-refractivity contribution in [2.45, 2.75) is 173 Å². The third kappa shape index (κ3) is 36.9. The zero-order valence-electron chi connectivity index (χ0n) is 37.7. The third-order valence-corrected chi connectivity index (χ3v) is 10.6. The summed E-state index contributed by atoms with van der Waals surface area (Å²) < 4.78 is 40.0. The fraction of sp³-hybridized carbons (Fsp3) is 0.708. The Bertz CT molecular complexity index is 1300. The highest BCUT2D eigenvalue weighted by Crippen LogP contribution is 2.43. The number of quaternary nitrogens is 1. The van der Waals surface area contributed by atoms with E-state index in [0.717, 1.165) is 51.4 Å². The largest absolute Gasteiger partial charge is 0.472 e. The van der Waals surface area contributed by atoms with Crippen molar-refractivity contribution in [3.05, 3.63) is 72.9 Å². The van der Waals surface area contributed by atoms with Crippen LogP contribution in [0.5, 0.6) is 0 Å². The van der Waals surface area contributed by atoms with Gasteiger partial charge in [-0.15, -0.1) is 0 Å². The van der Waals surface area contributed by atoms with Gasteiger partial charge in [0.2, 0.25) is 0 Å². The highest BCUT2D eigenvalue weighted by Gasteiger charge is 2.36. The number of allylic oxidation sites excluding steroid dienone is 10. The highest BCUT2D eigenvalue weighted by molar-refractivity contribution is 7.47. The number of esters is 2. The normalized spacial score (nSPS) is 17.7. The lowest BCUT2D eigenvalue weighted by Crippen LogP contribution is -2.37. The number of carbonyl (C=O) groups excluding carboxylic acids is 2. The molecule has 1 fully saturated rings. The number of likely N-dealkylation sites (N-methyl/N-ethyl adjacent to an activating group) is 1. The first kappa shape index (κ1) is 54.4. The fourth-order valence-corrected chi connectivity index (χ4v) is 6.63. The summed E-state index contributed by atoms with van der Waals surface area (Å²) in [5, 5.41) is 0. The van der Waals surface area contributed by atoms with Crippen molar-refractivity contribution >= 4 is 19.8 Å². The van der Waals surface area contributed by atoms with Crippen molar-refractivity contribution in [3.63, 3.8) is 0 Å². The monoisotopic (exact) mass is 849 g/mol. The van der Waals surface area contributed by atoms with Gasteiger partial charge in [0.15, 0.2) is 6.10 Å². The molecule has 1 aliphatic rings. The predicted octanol–water partition coefficient (Wildman–Crippen LogP) is 12.0. The van der Waals surface area contributed by atoms with Gasteiger partial charge in [-0.25, -0.2) is 4.57 Å². The molecular formula is C48H83NO9P+. The number of hydrogen-bond acceptors (Lipinski definition) is 8. The Balaban J connectivity index is 2.36. The second kappa shape index (κ2) is 36.1. The van der Waals surface area contributed by atoms with Crippen molar-refractivity contribution < 1.29 is 46.8 Å². The van der Waals surface area contributed by atoms with Crippen LogP contribution in [-0.2, 0) is 37.4 Å².